The Morgan fingerprint density at radius 2 is 1.57 bits per heavy atom. The minimum Gasteiger partial charge on any atom is -0.497 e. The number of rotatable bonds is 13. The Morgan fingerprint density at radius 3 is 2.17 bits per heavy atom. The summed E-state index contributed by atoms with van der Waals surface area (Å²) in [5.41, 5.74) is 1.98. The van der Waals surface area contributed by atoms with Crippen LogP contribution in [0.25, 0.3) is 0 Å². The molecule has 3 aromatic rings. The number of hydrogen-bond donors (Lipinski definition) is 2. The summed E-state index contributed by atoms with van der Waals surface area (Å²) in [5.74, 6) is 6.66. The molecule has 3 aromatic carbocycles. The third-order valence-corrected chi connectivity index (χ3v) is 8.04. The van der Waals surface area contributed by atoms with Crippen LogP contribution in [0.3, 0.4) is 0 Å². The van der Waals surface area contributed by atoms with E-state index >= 15 is 0 Å². The largest absolute Gasteiger partial charge is 0.497 e. The molecule has 1 saturated heterocycles. The summed E-state index contributed by atoms with van der Waals surface area (Å²) in [6.45, 7) is 2.00. The molecule has 47 heavy (non-hydrogen) atoms. The Bertz CT molecular complexity index is 1550. The van der Waals surface area contributed by atoms with Gasteiger partial charge in [-0.25, -0.2) is 0 Å². The topological polar surface area (TPSA) is 116 Å². The van der Waals surface area contributed by atoms with Crippen LogP contribution in [0, 0.1) is 11.8 Å². The summed E-state index contributed by atoms with van der Waals surface area (Å²) in [5, 5.41) is 13.2. The average molecular weight is 641 g/mol. The zero-order chi connectivity index (χ0) is 33.2. The lowest BCUT2D eigenvalue weighted by Crippen LogP contribution is -2.53. The van der Waals surface area contributed by atoms with Crippen LogP contribution in [0.15, 0.2) is 90.6 Å². The van der Waals surface area contributed by atoms with Gasteiger partial charge in [-0.2, -0.15) is 0 Å². The first-order valence-electron chi connectivity index (χ1n) is 15.5. The maximum Gasteiger partial charge on any atom is 0.264 e. The van der Waals surface area contributed by atoms with Crippen LogP contribution in [0.2, 0.25) is 0 Å². The van der Waals surface area contributed by atoms with E-state index in [1.54, 1.807) is 19.1 Å². The van der Waals surface area contributed by atoms with Crippen LogP contribution in [-0.4, -0.2) is 74.4 Å². The fourth-order valence-electron chi connectivity index (χ4n) is 5.70. The second-order valence-electron chi connectivity index (χ2n) is 11.2. The molecule has 10 nitrogen and oxygen atoms in total. The second-order valence-corrected chi connectivity index (χ2v) is 11.2. The van der Waals surface area contributed by atoms with Crippen molar-refractivity contribution in [1.82, 2.24) is 10.2 Å². The van der Waals surface area contributed by atoms with Gasteiger partial charge in [0.05, 0.1) is 33.5 Å². The molecule has 0 aromatic heterocycles. The normalized spacial score (nSPS) is 19.3. The van der Waals surface area contributed by atoms with Crippen LogP contribution >= 0.6 is 0 Å². The van der Waals surface area contributed by atoms with Crippen molar-refractivity contribution in [1.29, 1.82) is 0 Å². The fraction of sp³-hybridized carbons (Fsp3) is 0.351. The minimum absolute atomic E-state index is 0.0292. The highest BCUT2D eigenvalue weighted by atomic mass is 16.6. The number of aliphatic hydroxyl groups excluding tert-OH is 1. The van der Waals surface area contributed by atoms with E-state index in [-0.39, 0.29) is 37.3 Å². The van der Waals surface area contributed by atoms with E-state index in [9.17, 15) is 14.7 Å². The maximum atomic E-state index is 12.5. The standard InChI is InChI=1S/C37H40N2O8/c1-26(40)24-45-22-8-7-9-27-23-39(36(42)38-35(27)41)34-21-20-33(47-34)25-46-37(28-10-5-4-6-11-28,29-12-16-31(43-2)17-13-29)30-14-18-32(44-3)19-15-30/h4-6,10-19,23,33-34,36,42H,8,20-22,24-25H2,1-3H3,(H,38,41). The number of Topliss-reactive ketones (excluding diaryl/α,β-unsaturated/α-hetero) is 1. The number of benzene rings is 3. The number of amides is 1. The van der Waals surface area contributed by atoms with Crippen molar-refractivity contribution in [2.75, 3.05) is 34.0 Å². The lowest BCUT2D eigenvalue weighted by atomic mass is 9.80. The summed E-state index contributed by atoms with van der Waals surface area (Å²) in [6, 6.07) is 25.7. The SMILES string of the molecule is COc1ccc(C(OCC2CCC(N3C=C(C#CCCOCC(C)=O)C(=O)NC3O)O2)(c2ccccc2)c2ccc(OC)cc2)cc1. The van der Waals surface area contributed by atoms with Gasteiger partial charge in [0.15, 0.2) is 5.78 Å². The van der Waals surface area contributed by atoms with Crippen LogP contribution < -0.4 is 14.8 Å². The maximum absolute atomic E-state index is 12.5. The summed E-state index contributed by atoms with van der Waals surface area (Å²) < 4.78 is 29.5. The molecule has 5 rings (SSSR count). The predicted molar refractivity (Wildman–Crippen MR) is 174 cm³/mol. The molecule has 1 amide bonds. The molecule has 0 radical (unpaired) electrons. The average Bonchev–Trinajstić information content (AvgIpc) is 3.57. The first-order valence-corrected chi connectivity index (χ1v) is 15.5. The number of carbonyl (C=O) groups excluding carboxylic acids is 2. The van der Waals surface area contributed by atoms with Crippen molar-refractivity contribution < 1.29 is 38.4 Å². The molecule has 0 bridgehead atoms. The first kappa shape index (κ1) is 33.7. The van der Waals surface area contributed by atoms with Crippen LogP contribution in [0.4, 0.5) is 0 Å². The number of ether oxygens (including phenoxy) is 5. The molecular weight excluding hydrogens is 600 g/mol. The molecule has 10 heteroatoms. The molecule has 0 saturated carbocycles. The van der Waals surface area contributed by atoms with E-state index < -0.39 is 24.1 Å². The Hall–Kier alpha value is -4.66. The summed E-state index contributed by atoms with van der Waals surface area (Å²) in [6.07, 6.45) is 1.07. The molecule has 3 unspecified atom stereocenters. The van der Waals surface area contributed by atoms with Crippen molar-refractivity contribution >= 4 is 11.7 Å². The van der Waals surface area contributed by atoms with Crippen LogP contribution in [-0.2, 0) is 29.4 Å². The monoisotopic (exact) mass is 640 g/mol. The highest BCUT2D eigenvalue weighted by molar-refractivity contribution is 5.98. The number of ketones is 1. The third-order valence-electron chi connectivity index (χ3n) is 8.04. The quantitative estimate of drug-likeness (QED) is 0.162. The van der Waals surface area contributed by atoms with Gasteiger partial charge in [-0.1, -0.05) is 66.4 Å². The molecule has 2 N–H and O–H groups in total. The van der Waals surface area contributed by atoms with Gasteiger partial charge in [-0.15, -0.1) is 0 Å². The molecule has 2 aliphatic rings. The highest BCUT2D eigenvalue weighted by Gasteiger charge is 2.41. The number of hydrogen-bond acceptors (Lipinski definition) is 9. The molecule has 3 atom stereocenters. The van der Waals surface area contributed by atoms with Gasteiger partial charge in [0.2, 0.25) is 6.35 Å². The van der Waals surface area contributed by atoms with Crippen LogP contribution in [0.5, 0.6) is 11.5 Å². The van der Waals surface area contributed by atoms with Gasteiger partial charge >= 0.3 is 0 Å². The van der Waals surface area contributed by atoms with Crippen molar-refractivity contribution in [2.45, 2.75) is 50.5 Å². The Morgan fingerprint density at radius 1 is 0.957 bits per heavy atom. The lowest BCUT2D eigenvalue weighted by molar-refractivity contribution is -0.146. The molecule has 2 aliphatic heterocycles. The Kier molecular flexibility index (Phi) is 11.3. The third kappa shape index (κ3) is 8.02. The van der Waals surface area contributed by atoms with Gasteiger partial charge in [0, 0.05) is 12.6 Å². The van der Waals surface area contributed by atoms with Gasteiger partial charge in [0.1, 0.15) is 35.5 Å². The molecular formula is C37H40N2O8. The van der Waals surface area contributed by atoms with E-state index in [4.69, 9.17) is 23.7 Å². The first-order chi connectivity index (χ1) is 22.8. The van der Waals surface area contributed by atoms with Gasteiger partial charge in [-0.3, -0.25) is 9.59 Å². The number of methoxy groups -OCH3 is 2. The van der Waals surface area contributed by atoms with Crippen LogP contribution in [0.1, 0.15) is 42.9 Å². The molecule has 1 fully saturated rings. The van der Waals surface area contributed by atoms with Gasteiger partial charge in [-0.05, 0) is 60.7 Å². The molecule has 0 aliphatic carbocycles. The van der Waals surface area contributed by atoms with Crippen molar-refractivity contribution in [3.05, 3.63) is 107 Å². The Labute approximate surface area is 275 Å². The van der Waals surface area contributed by atoms with Crippen molar-refractivity contribution in [3.8, 4) is 23.3 Å². The predicted octanol–water partition coefficient (Wildman–Crippen LogP) is 4.11. The second kappa shape index (κ2) is 15.8. The van der Waals surface area contributed by atoms with Gasteiger partial charge in [0.25, 0.3) is 5.91 Å². The van der Waals surface area contributed by atoms with E-state index in [2.05, 4.69) is 17.2 Å². The summed E-state index contributed by atoms with van der Waals surface area (Å²) >= 11 is 0. The smallest absolute Gasteiger partial charge is 0.264 e. The zero-order valence-electron chi connectivity index (χ0n) is 26.8. The molecule has 246 valence electrons. The number of nitrogens with zero attached hydrogens (tertiary/aromatic N) is 1. The molecule has 2 heterocycles. The number of nitrogens with one attached hydrogen (secondary N) is 1. The molecule has 0 spiro atoms. The lowest BCUT2D eigenvalue weighted by Gasteiger charge is -2.37. The van der Waals surface area contributed by atoms with E-state index in [1.165, 1.54) is 13.1 Å². The van der Waals surface area contributed by atoms with Crippen molar-refractivity contribution in [3.63, 3.8) is 0 Å². The number of carbonyl (C=O) groups is 2. The van der Waals surface area contributed by atoms with Crippen molar-refractivity contribution in [2.24, 2.45) is 0 Å². The summed E-state index contributed by atoms with van der Waals surface area (Å²) in [4.78, 5) is 25.1. The minimum atomic E-state index is -1.27. The fourth-order valence-corrected chi connectivity index (χ4v) is 5.70. The number of aliphatic hydroxyl groups is 1. The highest BCUT2D eigenvalue weighted by Crippen LogP contribution is 2.42. The van der Waals surface area contributed by atoms with E-state index in [1.807, 2.05) is 78.9 Å². The van der Waals surface area contributed by atoms with E-state index in [0.29, 0.717) is 19.3 Å². The van der Waals surface area contributed by atoms with Gasteiger partial charge < -0.3 is 39.0 Å². The zero-order valence-corrected chi connectivity index (χ0v) is 26.8. The summed E-state index contributed by atoms with van der Waals surface area (Å²) in [7, 11) is 3.27. The van der Waals surface area contributed by atoms with E-state index in [0.717, 1.165) is 28.2 Å². The Balaban J connectivity index is 1.36.